The normalized spacial score (nSPS) is 29.9. The molecule has 2 unspecified atom stereocenters. The maximum atomic E-state index is 9.69. The molecule has 0 radical (unpaired) electrons. The number of rotatable bonds is 0. The first-order chi connectivity index (χ1) is 10.3. The van der Waals surface area contributed by atoms with Crippen molar-refractivity contribution in [3.8, 4) is 11.8 Å². The van der Waals surface area contributed by atoms with Gasteiger partial charge in [-0.3, -0.25) is 0 Å². The van der Waals surface area contributed by atoms with Gasteiger partial charge in [0.15, 0.2) is 0 Å². The van der Waals surface area contributed by atoms with Gasteiger partial charge < -0.3 is 15.8 Å². The monoisotopic (exact) mass is 279 g/mol. The molecule has 4 nitrogen and oxygen atoms in total. The zero-order valence-corrected chi connectivity index (χ0v) is 11.7. The highest BCUT2D eigenvalue weighted by atomic mass is 16.5. The van der Waals surface area contributed by atoms with Gasteiger partial charge in [-0.25, -0.2) is 0 Å². The zero-order chi connectivity index (χ0) is 14.4. The third-order valence-corrected chi connectivity index (χ3v) is 4.99. The molecule has 3 N–H and O–H groups in total. The molecule has 21 heavy (non-hydrogen) atoms. The average Bonchev–Trinajstić information content (AvgIpc) is 2.88. The Balaban J connectivity index is 1.99. The molecule has 2 heterocycles. The number of hydrogen-bond donors (Lipinski definition) is 2. The van der Waals surface area contributed by atoms with E-state index in [1.165, 1.54) is 5.70 Å². The molecule has 3 aliphatic rings. The number of nitriles is 1. The summed E-state index contributed by atoms with van der Waals surface area (Å²) in [6.07, 6.45) is 5.60. The predicted octanol–water partition coefficient (Wildman–Crippen LogP) is 2.30. The van der Waals surface area contributed by atoms with Gasteiger partial charge in [-0.2, -0.15) is 5.26 Å². The molecule has 1 fully saturated rings. The molecule has 0 amide bonds. The van der Waals surface area contributed by atoms with E-state index in [0.717, 1.165) is 30.6 Å². The van der Waals surface area contributed by atoms with E-state index in [1.807, 2.05) is 18.2 Å². The summed E-state index contributed by atoms with van der Waals surface area (Å²) >= 11 is 0. The lowest BCUT2D eigenvalue weighted by Gasteiger charge is -2.39. The van der Waals surface area contributed by atoms with E-state index < -0.39 is 0 Å². The molecule has 0 bridgehead atoms. The Morgan fingerprint density at radius 3 is 3.10 bits per heavy atom. The molecule has 1 aromatic rings. The Bertz CT molecular complexity index is 713. The quantitative estimate of drug-likeness (QED) is 0.764. The van der Waals surface area contributed by atoms with Gasteiger partial charge in [0.2, 0.25) is 5.88 Å². The van der Waals surface area contributed by atoms with Gasteiger partial charge in [0.05, 0.1) is 5.41 Å². The lowest BCUT2D eigenvalue weighted by Crippen LogP contribution is -2.42. The second-order valence-corrected chi connectivity index (χ2v) is 5.92. The van der Waals surface area contributed by atoms with Crippen LogP contribution >= 0.6 is 0 Å². The molecule has 0 aromatic heterocycles. The van der Waals surface area contributed by atoms with Crippen molar-refractivity contribution in [3.05, 3.63) is 53.1 Å². The van der Waals surface area contributed by atoms with E-state index >= 15 is 0 Å². The molecule has 2 aliphatic heterocycles. The van der Waals surface area contributed by atoms with Crippen LogP contribution in [-0.4, -0.2) is 6.54 Å². The minimum Gasteiger partial charge on any atom is -0.440 e. The van der Waals surface area contributed by atoms with Crippen LogP contribution in [0.25, 0.3) is 0 Å². The fourth-order valence-corrected chi connectivity index (χ4v) is 4.10. The van der Waals surface area contributed by atoms with E-state index in [0.29, 0.717) is 18.0 Å². The number of allylic oxidation sites excluding steroid dienone is 2. The summed E-state index contributed by atoms with van der Waals surface area (Å²) in [6, 6.07) is 10.3. The van der Waals surface area contributed by atoms with Crippen molar-refractivity contribution in [2.45, 2.75) is 24.7 Å². The highest BCUT2D eigenvalue weighted by Crippen LogP contribution is 2.54. The van der Waals surface area contributed by atoms with Crippen LogP contribution < -0.4 is 15.8 Å². The van der Waals surface area contributed by atoms with Gasteiger partial charge in [0.1, 0.15) is 17.4 Å². The summed E-state index contributed by atoms with van der Waals surface area (Å²) in [5.41, 5.74) is 8.61. The van der Waals surface area contributed by atoms with Gasteiger partial charge in [-0.05, 0) is 25.3 Å². The smallest absolute Gasteiger partial charge is 0.205 e. The Hall–Kier alpha value is -2.41. The second-order valence-electron chi connectivity index (χ2n) is 5.92. The molecular formula is C17H17N3O. The fourth-order valence-electron chi connectivity index (χ4n) is 4.10. The highest BCUT2D eigenvalue weighted by molar-refractivity contribution is 5.58. The predicted molar refractivity (Wildman–Crippen MR) is 79.0 cm³/mol. The van der Waals surface area contributed by atoms with E-state index in [2.05, 4.69) is 23.5 Å². The van der Waals surface area contributed by atoms with E-state index in [4.69, 9.17) is 10.5 Å². The van der Waals surface area contributed by atoms with Gasteiger partial charge in [0.25, 0.3) is 0 Å². The largest absolute Gasteiger partial charge is 0.440 e. The van der Waals surface area contributed by atoms with Crippen LogP contribution in [0.4, 0.5) is 0 Å². The standard InChI is InChI=1S/C17H17N3O/c18-9-13-16(19)21-15-8-4-2-6-12(15)17(13)10-20-14-7-3-1-5-11(14)17/h2,4,6-8,11,20H,1,3,5,10,19H2. The zero-order valence-electron chi connectivity index (χ0n) is 11.7. The van der Waals surface area contributed by atoms with Gasteiger partial charge >= 0.3 is 0 Å². The van der Waals surface area contributed by atoms with Crippen LogP contribution in [0.3, 0.4) is 0 Å². The molecule has 4 heteroatoms. The van der Waals surface area contributed by atoms with Crippen molar-refractivity contribution in [3.63, 3.8) is 0 Å². The fraction of sp³-hybridized carbons (Fsp3) is 0.353. The third kappa shape index (κ3) is 1.49. The van der Waals surface area contributed by atoms with Gasteiger partial charge in [0, 0.05) is 23.7 Å². The molecule has 2 atom stereocenters. The molecule has 1 saturated heterocycles. The Labute approximate surface area is 123 Å². The van der Waals surface area contributed by atoms with Crippen molar-refractivity contribution in [2.75, 3.05) is 6.54 Å². The van der Waals surface area contributed by atoms with Crippen LogP contribution in [0.15, 0.2) is 47.5 Å². The lowest BCUT2D eigenvalue weighted by molar-refractivity contribution is 0.311. The minimum atomic E-state index is -0.375. The number of ether oxygens (including phenoxy) is 1. The highest BCUT2D eigenvalue weighted by Gasteiger charge is 2.54. The number of benzene rings is 1. The Morgan fingerprint density at radius 1 is 1.38 bits per heavy atom. The first kappa shape index (κ1) is 12.3. The van der Waals surface area contributed by atoms with Crippen molar-refractivity contribution in [2.24, 2.45) is 11.7 Å². The molecule has 1 aliphatic carbocycles. The summed E-state index contributed by atoms with van der Waals surface area (Å²) in [5, 5.41) is 13.2. The topological polar surface area (TPSA) is 71.1 Å². The van der Waals surface area contributed by atoms with Crippen LogP contribution in [0.5, 0.6) is 5.75 Å². The first-order valence-electron chi connectivity index (χ1n) is 7.39. The number of nitrogens with two attached hydrogens (primary N) is 1. The maximum absolute atomic E-state index is 9.69. The number of nitrogens with one attached hydrogen (secondary N) is 1. The number of nitrogens with zero attached hydrogens (tertiary/aromatic N) is 1. The SMILES string of the molecule is N#CC1=C(N)Oc2ccccc2C12CNC1=CCCCC12. The number of fused-ring (bicyclic) bond motifs is 4. The molecule has 0 saturated carbocycles. The van der Waals surface area contributed by atoms with E-state index in [9.17, 15) is 5.26 Å². The van der Waals surface area contributed by atoms with Crippen LogP contribution in [0, 0.1) is 17.2 Å². The third-order valence-electron chi connectivity index (χ3n) is 4.99. The van der Waals surface area contributed by atoms with Crippen molar-refractivity contribution in [1.82, 2.24) is 5.32 Å². The van der Waals surface area contributed by atoms with E-state index in [1.54, 1.807) is 0 Å². The van der Waals surface area contributed by atoms with Crippen LogP contribution in [-0.2, 0) is 5.41 Å². The summed E-state index contributed by atoms with van der Waals surface area (Å²) in [7, 11) is 0. The van der Waals surface area contributed by atoms with E-state index in [-0.39, 0.29) is 11.3 Å². The Kier molecular flexibility index (Phi) is 2.52. The number of hydrogen-bond acceptors (Lipinski definition) is 4. The second kappa shape index (κ2) is 4.29. The van der Waals surface area contributed by atoms with Crippen LogP contribution in [0.2, 0.25) is 0 Å². The first-order valence-corrected chi connectivity index (χ1v) is 7.39. The van der Waals surface area contributed by atoms with Crippen molar-refractivity contribution < 1.29 is 4.74 Å². The average molecular weight is 279 g/mol. The molecule has 4 rings (SSSR count). The molecule has 1 aromatic carbocycles. The molecule has 106 valence electrons. The van der Waals surface area contributed by atoms with Gasteiger partial charge in [-0.1, -0.05) is 24.3 Å². The maximum Gasteiger partial charge on any atom is 0.205 e. The van der Waals surface area contributed by atoms with Gasteiger partial charge in [-0.15, -0.1) is 0 Å². The summed E-state index contributed by atoms with van der Waals surface area (Å²) in [4.78, 5) is 0. The molecule has 1 spiro atoms. The number of para-hydroxylation sites is 1. The summed E-state index contributed by atoms with van der Waals surface area (Å²) in [6.45, 7) is 0.716. The summed E-state index contributed by atoms with van der Waals surface area (Å²) < 4.78 is 5.69. The summed E-state index contributed by atoms with van der Waals surface area (Å²) in [5.74, 6) is 1.33. The Morgan fingerprint density at radius 2 is 2.24 bits per heavy atom. The van der Waals surface area contributed by atoms with Crippen LogP contribution in [0.1, 0.15) is 24.8 Å². The van der Waals surface area contributed by atoms with Crippen molar-refractivity contribution in [1.29, 1.82) is 5.26 Å². The lowest BCUT2D eigenvalue weighted by atomic mass is 9.63. The van der Waals surface area contributed by atoms with Crippen molar-refractivity contribution >= 4 is 0 Å². The minimum absolute atomic E-state index is 0.254. The molecular weight excluding hydrogens is 262 g/mol.